The summed E-state index contributed by atoms with van der Waals surface area (Å²) in [5.74, 6) is 0.782. The van der Waals surface area contributed by atoms with Crippen LogP contribution < -0.4 is 5.32 Å². The smallest absolute Gasteiger partial charge is 0.138 e. The Kier molecular flexibility index (Phi) is 3.82. The van der Waals surface area contributed by atoms with Gasteiger partial charge in [-0.3, -0.25) is 0 Å². The highest BCUT2D eigenvalue weighted by molar-refractivity contribution is 6.30. The Morgan fingerprint density at radius 1 is 1.22 bits per heavy atom. The van der Waals surface area contributed by atoms with Crippen molar-refractivity contribution in [1.82, 2.24) is 9.97 Å². The Balaban J connectivity index is 2.37. The summed E-state index contributed by atoms with van der Waals surface area (Å²) in [6, 6.07) is 6.26. The van der Waals surface area contributed by atoms with E-state index in [1.54, 1.807) is 0 Å². The number of hydrogen-bond acceptors (Lipinski definition) is 3. The summed E-state index contributed by atoms with van der Waals surface area (Å²) < 4.78 is 0. The molecule has 0 aliphatic heterocycles. The normalized spacial score (nSPS) is 10.4. The molecule has 94 valence electrons. The van der Waals surface area contributed by atoms with Gasteiger partial charge in [-0.2, -0.15) is 0 Å². The van der Waals surface area contributed by atoms with E-state index in [1.807, 2.05) is 6.92 Å². The third kappa shape index (κ3) is 2.62. The van der Waals surface area contributed by atoms with E-state index in [-0.39, 0.29) is 0 Å². The van der Waals surface area contributed by atoms with E-state index in [0.29, 0.717) is 5.15 Å². The molecule has 0 unspecified atom stereocenters. The fraction of sp³-hybridized carbons (Fsp3) is 0.286. The molecule has 1 heterocycles. The Bertz CT molecular complexity index is 567. The van der Waals surface area contributed by atoms with E-state index in [4.69, 9.17) is 11.6 Å². The molecule has 0 spiro atoms. The average molecular weight is 262 g/mol. The third-order valence-corrected chi connectivity index (χ3v) is 3.21. The number of anilines is 2. The van der Waals surface area contributed by atoms with Crippen molar-refractivity contribution in [2.24, 2.45) is 0 Å². The van der Waals surface area contributed by atoms with Crippen LogP contribution in [0.4, 0.5) is 11.5 Å². The van der Waals surface area contributed by atoms with Crippen molar-refractivity contribution in [3.8, 4) is 0 Å². The van der Waals surface area contributed by atoms with E-state index in [1.165, 1.54) is 17.5 Å². The molecule has 2 aromatic rings. The summed E-state index contributed by atoms with van der Waals surface area (Å²) in [5.41, 5.74) is 4.42. The Morgan fingerprint density at radius 3 is 2.67 bits per heavy atom. The molecule has 18 heavy (non-hydrogen) atoms. The first kappa shape index (κ1) is 12.8. The monoisotopic (exact) mass is 261 g/mol. The van der Waals surface area contributed by atoms with E-state index < -0.39 is 0 Å². The number of nitrogens with one attached hydrogen (secondary N) is 1. The van der Waals surface area contributed by atoms with Crippen LogP contribution in [0.15, 0.2) is 24.5 Å². The molecule has 0 aliphatic carbocycles. The molecule has 1 N–H and O–H groups in total. The van der Waals surface area contributed by atoms with Gasteiger partial charge >= 0.3 is 0 Å². The number of aromatic nitrogens is 2. The summed E-state index contributed by atoms with van der Waals surface area (Å²) in [6.07, 6.45) is 2.28. The number of nitrogens with zero attached hydrogens (tertiary/aromatic N) is 2. The maximum Gasteiger partial charge on any atom is 0.138 e. The average Bonchev–Trinajstić information content (AvgIpc) is 2.33. The van der Waals surface area contributed by atoms with E-state index >= 15 is 0 Å². The lowest BCUT2D eigenvalue weighted by atomic mass is 10.1. The van der Waals surface area contributed by atoms with Crippen LogP contribution in [-0.2, 0) is 6.42 Å². The van der Waals surface area contributed by atoms with Crippen molar-refractivity contribution in [3.05, 3.63) is 46.4 Å². The van der Waals surface area contributed by atoms with Crippen molar-refractivity contribution in [2.75, 3.05) is 5.32 Å². The van der Waals surface area contributed by atoms with E-state index in [2.05, 4.69) is 47.3 Å². The van der Waals surface area contributed by atoms with Crippen molar-refractivity contribution in [3.63, 3.8) is 0 Å². The fourth-order valence-corrected chi connectivity index (χ4v) is 2.16. The molecule has 1 aromatic carbocycles. The maximum absolute atomic E-state index is 6.07. The zero-order chi connectivity index (χ0) is 13.1. The van der Waals surface area contributed by atoms with Crippen LogP contribution >= 0.6 is 11.6 Å². The van der Waals surface area contributed by atoms with Crippen LogP contribution in [0, 0.1) is 13.8 Å². The van der Waals surface area contributed by atoms with Gasteiger partial charge in [0.05, 0.1) is 0 Å². The standard InChI is InChI=1S/C14H16ClN3/c1-4-11-13(15)16-8-17-14(11)18-12-6-5-9(2)7-10(12)3/h5-8H,4H2,1-3H3,(H,16,17,18). The van der Waals surface area contributed by atoms with Crippen molar-refractivity contribution < 1.29 is 0 Å². The number of benzene rings is 1. The van der Waals surface area contributed by atoms with Gasteiger partial charge in [0.15, 0.2) is 0 Å². The molecule has 0 aliphatic rings. The first-order chi connectivity index (χ1) is 8.61. The molecule has 3 nitrogen and oxygen atoms in total. The molecule has 0 saturated heterocycles. The highest BCUT2D eigenvalue weighted by atomic mass is 35.5. The molecule has 0 fully saturated rings. The van der Waals surface area contributed by atoms with Crippen LogP contribution in [0.25, 0.3) is 0 Å². The molecule has 0 amide bonds. The second kappa shape index (κ2) is 5.36. The number of hydrogen-bond donors (Lipinski definition) is 1. The Morgan fingerprint density at radius 2 is 2.00 bits per heavy atom. The molecule has 0 radical (unpaired) electrons. The summed E-state index contributed by atoms with van der Waals surface area (Å²) in [7, 11) is 0. The molecular weight excluding hydrogens is 246 g/mol. The molecule has 0 saturated carbocycles. The molecule has 0 bridgehead atoms. The minimum Gasteiger partial charge on any atom is -0.340 e. The Labute approximate surface area is 112 Å². The predicted octanol–water partition coefficient (Wildman–Crippen LogP) is 4.05. The van der Waals surface area contributed by atoms with E-state index in [0.717, 1.165) is 23.5 Å². The fourth-order valence-electron chi connectivity index (χ4n) is 1.89. The minimum absolute atomic E-state index is 0.514. The second-order valence-corrected chi connectivity index (χ2v) is 4.65. The first-order valence-electron chi connectivity index (χ1n) is 5.95. The zero-order valence-electron chi connectivity index (χ0n) is 10.8. The molecule has 1 aromatic heterocycles. The number of rotatable bonds is 3. The van der Waals surface area contributed by atoms with Gasteiger partial charge in [-0.05, 0) is 31.9 Å². The van der Waals surface area contributed by atoms with Gasteiger partial charge in [0.25, 0.3) is 0 Å². The van der Waals surface area contributed by atoms with Crippen LogP contribution in [0.2, 0.25) is 5.15 Å². The lowest BCUT2D eigenvalue weighted by Crippen LogP contribution is -2.01. The third-order valence-electron chi connectivity index (χ3n) is 2.88. The molecule has 0 atom stereocenters. The quantitative estimate of drug-likeness (QED) is 0.847. The highest BCUT2D eigenvalue weighted by Gasteiger charge is 2.09. The second-order valence-electron chi connectivity index (χ2n) is 4.29. The van der Waals surface area contributed by atoms with Gasteiger partial charge in [0.2, 0.25) is 0 Å². The van der Waals surface area contributed by atoms with Crippen LogP contribution in [0.3, 0.4) is 0 Å². The van der Waals surface area contributed by atoms with Gasteiger partial charge in [-0.1, -0.05) is 36.2 Å². The van der Waals surface area contributed by atoms with Crippen LogP contribution in [0.5, 0.6) is 0 Å². The number of aryl methyl sites for hydroxylation is 2. The largest absolute Gasteiger partial charge is 0.340 e. The van der Waals surface area contributed by atoms with Crippen LogP contribution in [-0.4, -0.2) is 9.97 Å². The van der Waals surface area contributed by atoms with Gasteiger partial charge in [0.1, 0.15) is 17.3 Å². The van der Waals surface area contributed by atoms with Gasteiger partial charge in [-0.25, -0.2) is 9.97 Å². The van der Waals surface area contributed by atoms with Gasteiger partial charge < -0.3 is 5.32 Å². The minimum atomic E-state index is 0.514. The summed E-state index contributed by atoms with van der Waals surface area (Å²) in [5, 5.41) is 3.84. The molecule has 2 rings (SSSR count). The summed E-state index contributed by atoms with van der Waals surface area (Å²) in [4.78, 5) is 8.27. The highest BCUT2D eigenvalue weighted by Crippen LogP contribution is 2.25. The van der Waals surface area contributed by atoms with Gasteiger partial charge in [-0.15, -0.1) is 0 Å². The lowest BCUT2D eigenvalue weighted by molar-refractivity contribution is 1.05. The Hall–Kier alpha value is -1.61. The summed E-state index contributed by atoms with van der Waals surface area (Å²) in [6.45, 7) is 6.19. The zero-order valence-corrected chi connectivity index (χ0v) is 11.5. The lowest BCUT2D eigenvalue weighted by Gasteiger charge is -2.12. The topological polar surface area (TPSA) is 37.8 Å². The van der Waals surface area contributed by atoms with Crippen molar-refractivity contribution in [2.45, 2.75) is 27.2 Å². The van der Waals surface area contributed by atoms with Gasteiger partial charge in [0, 0.05) is 11.3 Å². The van der Waals surface area contributed by atoms with Crippen LogP contribution in [0.1, 0.15) is 23.6 Å². The van der Waals surface area contributed by atoms with Crippen molar-refractivity contribution in [1.29, 1.82) is 0 Å². The molecule has 4 heteroatoms. The summed E-state index contributed by atoms with van der Waals surface area (Å²) >= 11 is 6.07. The predicted molar refractivity (Wildman–Crippen MR) is 75.6 cm³/mol. The SMILES string of the molecule is CCc1c(Cl)ncnc1Nc1ccc(C)cc1C. The van der Waals surface area contributed by atoms with Crippen molar-refractivity contribution >= 4 is 23.1 Å². The molecular formula is C14H16ClN3. The first-order valence-corrected chi connectivity index (χ1v) is 6.33. The number of halogens is 1. The maximum atomic E-state index is 6.07. The van der Waals surface area contributed by atoms with E-state index in [9.17, 15) is 0 Å².